The van der Waals surface area contributed by atoms with E-state index in [2.05, 4.69) is 5.32 Å². The Morgan fingerprint density at radius 2 is 1.90 bits per heavy atom. The number of nitrogens with one attached hydrogen (secondary N) is 1. The Bertz CT molecular complexity index is 615. The summed E-state index contributed by atoms with van der Waals surface area (Å²) in [6, 6.07) is 10.8. The number of fused-ring (bicyclic) bond motifs is 1. The molecule has 4 nitrogen and oxygen atoms in total. The number of rotatable bonds is 5. The summed E-state index contributed by atoms with van der Waals surface area (Å²) in [6.45, 7) is -0.00272. The zero-order chi connectivity index (χ0) is 14.5. The minimum absolute atomic E-state index is 0.219. The van der Waals surface area contributed by atoms with Crippen LogP contribution in [0.15, 0.2) is 36.4 Å². The molecule has 0 unspecified atom stereocenters. The monoisotopic (exact) mass is 293 g/mol. The van der Waals surface area contributed by atoms with Gasteiger partial charge in [-0.1, -0.05) is 35.9 Å². The fraction of sp³-hybridized carbons (Fsp3) is 0.267. The maximum absolute atomic E-state index is 12.1. The fourth-order valence-electron chi connectivity index (χ4n) is 2.01. The Balaban J connectivity index is 2.16. The van der Waals surface area contributed by atoms with Gasteiger partial charge in [-0.15, -0.1) is 0 Å². The maximum atomic E-state index is 12.1. The average molecular weight is 294 g/mol. The van der Waals surface area contributed by atoms with Gasteiger partial charge >= 0.3 is 0 Å². The average Bonchev–Trinajstić information content (AvgIpc) is 2.46. The summed E-state index contributed by atoms with van der Waals surface area (Å²) >= 11 is 6.11. The Labute approximate surface area is 122 Å². The molecule has 5 heteroatoms. The van der Waals surface area contributed by atoms with Crippen molar-refractivity contribution in [3.05, 3.63) is 47.0 Å². The predicted molar refractivity (Wildman–Crippen MR) is 79.0 cm³/mol. The van der Waals surface area contributed by atoms with Crippen LogP contribution in [0.1, 0.15) is 16.8 Å². The van der Waals surface area contributed by atoms with Crippen LogP contribution >= 0.6 is 11.6 Å². The van der Waals surface area contributed by atoms with E-state index in [1.165, 1.54) is 0 Å². The number of hydrogen-bond donors (Lipinski definition) is 3. The molecule has 0 spiro atoms. The second kappa shape index (κ2) is 6.70. The van der Waals surface area contributed by atoms with Gasteiger partial charge in [0.1, 0.15) is 0 Å². The zero-order valence-corrected chi connectivity index (χ0v) is 11.6. The lowest BCUT2D eigenvalue weighted by atomic mass is 10.0. The number of halogens is 1. The molecule has 0 saturated heterocycles. The molecule has 0 aliphatic rings. The standard InChI is InChI=1S/C15H16ClNO3/c16-14-6-2-3-11-12(14)4-1-5-13(11)15(20)17-8-7-10(19)9-18/h1-6,10,18-19H,7-9H2,(H,17,20)/t10-/m0/s1. The Morgan fingerprint density at radius 3 is 2.65 bits per heavy atom. The van der Waals surface area contributed by atoms with Crippen molar-refractivity contribution in [3.8, 4) is 0 Å². The van der Waals surface area contributed by atoms with Crippen LogP contribution in [0.25, 0.3) is 10.8 Å². The number of benzene rings is 2. The summed E-state index contributed by atoms with van der Waals surface area (Å²) in [5, 5.41) is 22.9. The number of hydrogen-bond acceptors (Lipinski definition) is 3. The topological polar surface area (TPSA) is 69.6 Å². The molecule has 3 N–H and O–H groups in total. The minimum Gasteiger partial charge on any atom is -0.394 e. The van der Waals surface area contributed by atoms with Crippen LogP contribution < -0.4 is 5.32 Å². The first kappa shape index (κ1) is 14.8. The second-order valence-electron chi connectivity index (χ2n) is 4.52. The van der Waals surface area contributed by atoms with Gasteiger partial charge in [-0.05, 0) is 23.9 Å². The van der Waals surface area contributed by atoms with Gasteiger partial charge in [-0.3, -0.25) is 4.79 Å². The van der Waals surface area contributed by atoms with Gasteiger partial charge in [-0.25, -0.2) is 0 Å². The Kier molecular flexibility index (Phi) is 4.95. The Morgan fingerprint density at radius 1 is 1.20 bits per heavy atom. The molecule has 2 aromatic rings. The quantitative estimate of drug-likeness (QED) is 0.789. The third-order valence-corrected chi connectivity index (χ3v) is 3.42. The van der Waals surface area contributed by atoms with Crippen molar-refractivity contribution in [1.29, 1.82) is 0 Å². The van der Waals surface area contributed by atoms with Gasteiger partial charge in [0.15, 0.2) is 0 Å². The second-order valence-corrected chi connectivity index (χ2v) is 4.93. The highest BCUT2D eigenvalue weighted by molar-refractivity contribution is 6.36. The fourth-order valence-corrected chi connectivity index (χ4v) is 2.25. The third kappa shape index (κ3) is 3.28. The molecule has 0 fully saturated rings. The normalized spacial score (nSPS) is 12.3. The highest BCUT2D eigenvalue weighted by Crippen LogP contribution is 2.25. The van der Waals surface area contributed by atoms with E-state index in [0.717, 1.165) is 10.8 Å². The van der Waals surface area contributed by atoms with Crippen molar-refractivity contribution >= 4 is 28.3 Å². The molecule has 1 atom stereocenters. The maximum Gasteiger partial charge on any atom is 0.251 e. The summed E-state index contributed by atoms with van der Waals surface area (Å²) in [5.74, 6) is -0.219. The van der Waals surface area contributed by atoms with E-state index in [4.69, 9.17) is 16.7 Å². The van der Waals surface area contributed by atoms with Gasteiger partial charge < -0.3 is 15.5 Å². The summed E-state index contributed by atoms with van der Waals surface area (Å²) in [6.07, 6.45) is -0.495. The van der Waals surface area contributed by atoms with Gasteiger partial charge in [-0.2, -0.15) is 0 Å². The molecular formula is C15H16ClNO3. The summed E-state index contributed by atoms with van der Waals surface area (Å²) in [4.78, 5) is 12.1. The highest BCUT2D eigenvalue weighted by atomic mass is 35.5. The lowest BCUT2D eigenvalue weighted by Crippen LogP contribution is -2.28. The van der Waals surface area contributed by atoms with E-state index in [0.29, 0.717) is 23.6 Å². The highest BCUT2D eigenvalue weighted by Gasteiger charge is 2.11. The van der Waals surface area contributed by atoms with Crippen LogP contribution in [-0.2, 0) is 0 Å². The van der Waals surface area contributed by atoms with Crippen LogP contribution in [-0.4, -0.2) is 35.4 Å². The van der Waals surface area contributed by atoms with Crippen LogP contribution in [0, 0.1) is 0 Å². The molecule has 20 heavy (non-hydrogen) atoms. The largest absolute Gasteiger partial charge is 0.394 e. The molecule has 2 rings (SSSR count). The van der Waals surface area contributed by atoms with Crippen molar-refractivity contribution in [2.75, 3.05) is 13.2 Å². The van der Waals surface area contributed by atoms with Gasteiger partial charge in [0, 0.05) is 22.5 Å². The first-order valence-electron chi connectivity index (χ1n) is 6.38. The summed E-state index contributed by atoms with van der Waals surface area (Å²) in [7, 11) is 0. The van der Waals surface area contributed by atoms with Crippen molar-refractivity contribution < 1.29 is 15.0 Å². The van der Waals surface area contributed by atoms with Gasteiger partial charge in [0.25, 0.3) is 5.91 Å². The van der Waals surface area contributed by atoms with E-state index < -0.39 is 6.10 Å². The number of aliphatic hydroxyl groups excluding tert-OH is 2. The van der Waals surface area contributed by atoms with Crippen LogP contribution in [0.3, 0.4) is 0 Å². The minimum atomic E-state index is -0.808. The molecule has 0 heterocycles. The SMILES string of the molecule is O=C(NCC[C@H](O)CO)c1cccc2c(Cl)cccc12. The lowest BCUT2D eigenvalue weighted by molar-refractivity contribution is 0.0835. The van der Waals surface area contributed by atoms with Crippen molar-refractivity contribution in [2.45, 2.75) is 12.5 Å². The van der Waals surface area contributed by atoms with Crippen LogP contribution in [0.4, 0.5) is 0 Å². The van der Waals surface area contributed by atoms with Gasteiger partial charge in [0.05, 0.1) is 12.7 Å². The summed E-state index contributed by atoms with van der Waals surface area (Å²) < 4.78 is 0. The van der Waals surface area contributed by atoms with Crippen LogP contribution in [0.2, 0.25) is 5.02 Å². The van der Waals surface area contributed by atoms with E-state index in [1.54, 1.807) is 24.3 Å². The number of amides is 1. The molecule has 0 saturated carbocycles. The molecule has 0 radical (unpaired) electrons. The van der Waals surface area contributed by atoms with Gasteiger partial charge in [0.2, 0.25) is 0 Å². The number of carbonyl (C=O) groups excluding carboxylic acids is 1. The van der Waals surface area contributed by atoms with Crippen molar-refractivity contribution in [3.63, 3.8) is 0 Å². The van der Waals surface area contributed by atoms with E-state index in [-0.39, 0.29) is 12.5 Å². The van der Waals surface area contributed by atoms with E-state index >= 15 is 0 Å². The first-order chi connectivity index (χ1) is 9.63. The predicted octanol–water partition coefficient (Wildman–Crippen LogP) is 1.97. The molecule has 2 aromatic carbocycles. The molecular weight excluding hydrogens is 278 g/mol. The molecule has 0 aromatic heterocycles. The third-order valence-electron chi connectivity index (χ3n) is 3.09. The molecule has 106 valence electrons. The van der Waals surface area contributed by atoms with E-state index in [1.807, 2.05) is 12.1 Å². The summed E-state index contributed by atoms with van der Waals surface area (Å²) in [5.41, 5.74) is 0.545. The number of carbonyl (C=O) groups is 1. The smallest absolute Gasteiger partial charge is 0.251 e. The molecule has 0 aliphatic carbocycles. The lowest BCUT2D eigenvalue weighted by Gasteiger charge is -2.10. The molecule has 0 aliphatic heterocycles. The van der Waals surface area contributed by atoms with E-state index in [9.17, 15) is 9.90 Å². The molecule has 1 amide bonds. The zero-order valence-electron chi connectivity index (χ0n) is 10.8. The van der Waals surface area contributed by atoms with Crippen molar-refractivity contribution in [1.82, 2.24) is 5.32 Å². The molecule has 0 bridgehead atoms. The van der Waals surface area contributed by atoms with Crippen molar-refractivity contribution in [2.24, 2.45) is 0 Å². The van der Waals surface area contributed by atoms with Crippen LogP contribution in [0.5, 0.6) is 0 Å². The first-order valence-corrected chi connectivity index (χ1v) is 6.75. The number of aliphatic hydroxyl groups is 2. The Hall–Kier alpha value is -1.62.